The summed E-state index contributed by atoms with van der Waals surface area (Å²) in [6.07, 6.45) is -4.44. The molecule has 3 N–H and O–H groups in total. The van der Waals surface area contributed by atoms with Crippen molar-refractivity contribution in [3.05, 3.63) is 29.8 Å². The second kappa shape index (κ2) is 3.51. The topological polar surface area (TPSA) is 67.6 Å². The maximum absolute atomic E-state index is 12.7. The van der Waals surface area contributed by atoms with Gasteiger partial charge in [-0.1, -0.05) is 18.2 Å². The summed E-state index contributed by atoms with van der Waals surface area (Å²) >= 11 is 0. The lowest BCUT2D eigenvalue weighted by atomic mass is 10.0. The number of nitrogen functional groups attached to an aromatic ring is 1. The molecule has 0 amide bonds. The van der Waals surface area contributed by atoms with Crippen LogP contribution in [0.3, 0.4) is 0 Å². The van der Waals surface area contributed by atoms with Gasteiger partial charge in [-0.05, 0) is 6.07 Å². The normalized spacial score (nSPS) is 11.7. The monoisotopic (exact) mass is 228 g/mol. The van der Waals surface area contributed by atoms with Gasteiger partial charge in [-0.15, -0.1) is 5.10 Å². The van der Waals surface area contributed by atoms with Crippen LogP contribution >= 0.6 is 0 Å². The summed E-state index contributed by atoms with van der Waals surface area (Å²) in [4.78, 5) is 0. The molecule has 0 saturated heterocycles. The van der Waals surface area contributed by atoms with E-state index in [9.17, 15) is 13.2 Å². The van der Waals surface area contributed by atoms with Crippen LogP contribution < -0.4 is 5.73 Å². The minimum absolute atomic E-state index is 0.00734. The summed E-state index contributed by atoms with van der Waals surface area (Å²) < 4.78 is 38.0. The Morgan fingerprint density at radius 3 is 2.38 bits per heavy atom. The zero-order valence-electron chi connectivity index (χ0n) is 7.92. The molecule has 0 aliphatic rings. The first-order valence-corrected chi connectivity index (χ1v) is 4.33. The number of hydrogen-bond acceptors (Lipinski definition) is 3. The number of alkyl halides is 3. The van der Waals surface area contributed by atoms with E-state index in [4.69, 9.17) is 5.73 Å². The van der Waals surface area contributed by atoms with E-state index in [1.54, 1.807) is 0 Å². The fraction of sp³-hybridized carbons (Fsp3) is 0.111. The van der Waals surface area contributed by atoms with E-state index < -0.39 is 11.7 Å². The maximum Gasteiger partial charge on any atom is 0.417 e. The summed E-state index contributed by atoms with van der Waals surface area (Å²) in [6, 6.07) is 5.07. The first kappa shape index (κ1) is 10.5. The van der Waals surface area contributed by atoms with Crippen molar-refractivity contribution in [1.29, 1.82) is 0 Å². The third-order valence-electron chi connectivity index (χ3n) is 2.06. The fourth-order valence-electron chi connectivity index (χ4n) is 1.37. The van der Waals surface area contributed by atoms with Crippen LogP contribution in [0.5, 0.6) is 0 Å². The minimum Gasteiger partial charge on any atom is -0.380 e. The quantitative estimate of drug-likeness (QED) is 0.785. The van der Waals surface area contributed by atoms with Crippen LogP contribution in [0.1, 0.15) is 5.56 Å². The van der Waals surface area contributed by atoms with Crippen molar-refractivity contribution in [3.8, 4) is 11.3 Å². The van der Waals surface area contributed by atoms with Gasteiger partial charge in [-0.25, -0.2) is 0 Å². The maximum atomic E-state index is 12.7. The van der Waals surface area contributed by atoms with E-state index in [0.29, 0.717) is 0 Å². The minimum atomic E-state index is -4.44. The second-order valence-corrected chi connectivity index (χ2v) is 3.10. The summed E-state index contributed by atoms with van der Waals surface area (Å²) in [6.45, 7) is 0. The van der Waals surface area contributed by atoms with Gasteiger partial charge in [0.05, 0.1) is 5.56 Å². The Labute approximate surface area is 88.3 Å². The van der Waals surface area contributed by atoms with E-state index in [2.05, 4.69) is 15.4 Å². The highest BCUT2D eigenvalue weighted by atomic mass is 19.4. The van der Waals surface area contributed by atoms with Crippen LogP contribution in [0.15, 0.2) is 24.3 Å². The molecular weight excluding hydrogens is 221 g/mol. The van der Waals surface area contributed by atoms with E-state index in [1.807, 2.05) is 0 Å². The average Bonchev–Trinajstić information content (AvgIpc) is 2.63. The number of aromatic amines is 1. The highest BCUT2D eigenvalue weighted by molar-refractivity contribution is 5.72. The summed E-state index contributed by atoms with van der Waals surface area (Å²) in [5.74, 6) is -0.0586. The summed E-state index contributed by atoms with van der Waals surface area (Å²) in [5.41, 5.74) is 4.56. The predicted octanol–water partition coefficient (Wildman–Crippen LogP) is 2.07. The van der Waals surface area contributed by atoms with Crippen molar-refractivity contribution in [1.82, 2.24) is 15.4 Å². The number of H-pyrrole nitrogens is 1. The Kier molecular flexibility index (Phi) is 2.30. The first-order chi connectivity index (χ1) is 7.50. The molecule has 0 saturated carbocycles. The Hall–Kier alpha value is -2.05. The van der Waals surface area contributed by atoms with E-state index in [1.165, 1.54) is 18.2 Å². The Morgan fingerprint density at radius 1 is 1.12 bits per heavy atom. The molecule has 7 heteroatoms. The number of nitrogens with one attached hydrogen (secondary N) is 1. The van der Waals surface area contributed by atoms with Crippen LogP contribution in [-0.4, -0.2) is 15.4 Å². The van der Waals surface area contributed by atoms with Gasteiger partial charge in [0.25, 0.3) is 0 Å². The number of aromatic nitrogens is 3. The molecule has 0 atom stereocenters. The van der Waals surface area contributed by atoms with Gasteiger partial charge < -0.3 is 5.73 Å². The summed E-state index contributed by atoms with van der Waals surface area (Å²) in [7, 11) is 0. The average molecular weight is 228 g/mol. The molecule has 0 bridgehead atoms. The number of nitrogens with zero attached hydrogens (tertiary/aromatic N) is 2. The molecule has 0 aliphatic heterocycles. The van der Waals surface area contributed by atoms with Crippen molar-refractivity contribution in [2.75, 3.05) is 5.73 Å². The van der Waals surface area contributed by atoms with E-state index in [0.717, 1.165) is 6.07 Å². The number of rotatable bonds is 1. The Bertz CT molecular complexity index is 503. The van der Waals surface area contributed by atoms with Gasteiger partial charge in [0.1, 0.15) is 5.69 Å². The lowest BCUT2D eigenvalue weighted by Gasteiger charge is -2.10. The third kappa shape index (κ3) is 1.71. The molecule has 4 nitrogen and oxygen atoms in total. The van der Waals surface area contributed by atoms with Gasteiger partial charge in [0.15, 0.2) is 5.82 Å². The van der Waals surface area contributed by atoms with Gasteiger partial charge in [0, 0.05) is 5.56 Å². The molecule has 2 aromatic rings. The number of hydrogen-bond donors (Lipinski definition) is 2. The largest absolute Gasteiger partial charge is 0.417 e. The number of benzene rings is 1. The molecule has 0 aliphatic carbocycles. The Morgan fingerprint density at radius 2 is 1.81 bits per heavy atom. The SMILES string of the molecule is Nc1n[nH]nc1-c1ccccc1C(F)(F)F. The molecule has 0 spiro atoms. The van der Waals surface area contributed by atoms with Crippen LogP contribution in [-0.2, 0) is 6.18 Å². The highest BCUT2D eigenvalue weighted by Crippen LogP contribution is 2.37. The van der Waals surface area contributed by atoms with Crippen molar-refractivity contribution in [2.24, 2.45) is 0 Å². The smallest absolute Gasteiger partial charge is 0.380 e. The van der Waals surface area contributed by atoms with Crippen molar-refractivity contribution in [2.45, 2.75) is 6.18 Å². The first-order valence-electron chi connectivity index (χ1n) is 4.33. The lowest BCUT2D eigenvalue weighted by Crippen LogP contribution is -2.07. The number of nitrogens with two attached hydrogens (primary N) is 1. The standard InChI is InChI=1S/C9H7F3N4/c10-9(11,12)6-4-2-1-3-5(6)7-8(13)15-16-14-7/h1-4H,(H3,13,14,15,16). The third-order valence-corrected chi connectivity index (χ3v) is 2.06. The number of anilines is 1. The van der Waals surface area contributed by atoms with Gasteiger partial charge >= 0.3 is 6.18 Å². The molecular formula is C9H7F3N4. The lowest BCUT2D eigenvalue weighted by molar-refractivity contribution is -0.137. The van der Waals surface area contributed by atoms with Crippen molar-refractivity contribution >= 4 is 5.82 Å². The Balaban J connectivity index is 2.62. The number of halogens is 3. The van der Waals surface area contributed by atoms with Crippen LogP contribution in [0.4, 0.5) is 19.0 Å². The van der Waals surface area contributed by atoms with Gasteiger partial charge in [0.2, 0.25) is 0 Å². The van der Waals surface area contributed by atoms with Crippen molar-refractivity contribution < 1.29 is 13.2 Å². The van der Waals surface area contributed by atoms with Gasteiger partial charge in [-0.2, -0.15) is 23.5 Å². The van der Waals surface area contributed by atoms with Crippen LogP contribution in [0.2, 0.25) is 0 Å². The molecule has 84 valence electrons. The highest BCUT2D eigenvalue weighted by Gasteiger charge is 2.34. The molecule has 1 aromatic heterocycles. The second-order valence-electron chi connectivity index (χ2n) is 3.10. The molecule has 0 radical (unpaired) electrons. The zero-order chi connectivity index (χ0) is 11.8. The fourth-order valence-corrected chi connectivity index (χ4v) is 1.37. The van der Waals surface area contributed by atoms with E-state index in [-0.39, 0.29) is 17.1 Å². The van der Waals surface area contributed by atoms with Gasteiger partial charge in [-0.3, -0.25) is 0 Å². The molecule has 2 rings (SSSR count). The molecule has 16 heavy (non-hydrogen) atoms. The molecule has 1 heterocycles. The molecule has 1 aromatic carbocycles. The van der Waals surface area contributed by atoms with Crippen molar-refractivity contribution in [3.63, 3.8) is 0 Å². The zero-order valence-corrected chi connectivity index (χ0v) is 7.92. The summed E-state index contributed by atoms with van der Waals surface area (Å²) in [5, 5.41) is 9.27. The van der Waals surface area contributed by atoms with E-state index >= 15 is 0 Å². The molecule has 0 fully saturated rings. The van der Waals surface area contributed by atoms with Crippen LogP contribution in [0.25, 0.3) is 11.3 Å². The predicted molar refractivity (Wildman–Crippen MR) is 51.2 cm³/mol. The van der Waals surface area contributed by atoms with Crippen LogP contribution in [0, 0.1) is 0 Å². The molecule has 0 unspecified atom stereocenters.